The van der Waals surface area contributed by atoms with Gasteiger partial charge in [-0.25, -0.2) is 4.79 Å². The van der Waals surface area contributed by atoms with E-state index in [1.165, 1.54) is 12.1 Å². The van der Waals surface area contributed by atoms with Crippen molar-refractivity contribution in [1.82, 2.24) is 0 Å². The molecule has 12 heavy (non-hydrogen) atoms. The Morgan fingerprint density at radius 3 is 2.67 bits per heavy atom. The molecule has 2 N–H and O–H groups in total. The van der Waals surface area contributed by atoms with Crippen LogP contribution in [0.3, 0.4) is 0 Å². The fourth-order valence-electron chi connectivity index (χ4n) is 0.808. The minimum absolute atomic E-state index is 0.0481. The summed E-state index contributed by atoms with van der Waals surface area (Å²) in [4.78, 5) is 10.1. The molecule has 4 nitrogen and oxygen atoms in total. The molecule has 1 aromatic rings. The summed E-state index contributed by atoms with van der Waals surface area (Å²) in [5, 5.41) is 17.4. The van der Waals surface area contributed by atoms with Crippen LogP contribution in [0.4, 0.5) is 4.79 Å². The van der Waals surface area contributed by atoms with Crippen LogP contribution in [0, 0.1) is 6.92 Å². The molecule has 1 aromatic carbocycles. The standard InChI is InChI=1S/C8H8O4/c1-5-2-3-7(6(9)4-5)12-8(10)11/h2-4,9H,1H3,(H,10,11). The van der Waals surface area contributed by atoms with Crippen molar-refractivity contribution in [2.24, 2.45) is 0 Å². The number of aromatic hydroxyl groups is 1. The van der Waals surface area contributed by atoms with Gasteiger partial charge in [0.05, 0.1) is 0 Å². The van der Waals surface area contributed by atoms with Gasteiger partial charge >= 0.3 is 6.16 Å². The average molecular weight is 168 g/mol. The van der Waals surface area contributed by atoms with Crippen molar-refractivity contribution < 1.29 is 19.7 Å². The maximum Gasteiger partial charge on any atom is 0.511 e. The summed E-state index contributed by atoms with van der Waals surface area (Å²) in [6, 6.07) is 4.48. The third-order valence-electron chi connectivity index (χ3n) is 1.31. The molecule has 0 unspecified atom stereocenters. The first-order valence-corrected chi connectivity index (χ1v) is 3.30. The van der Waals surface area contributed by atoms with Crippen molar-refractivity contribution in [2.75, 3.05) is 0 Å². The molecule has 0 saturated heterocycles. The molecule has 0 heterocycles. The number of hydrogen-bond donors (Lipinski definition) is 2. The van der Waals surface area contributed by atoms with Gasteiger partial charge in [0.2, 0.25) is 0 Å². The number of aryl methyl sites for hydroxylation is 1. The monoisotopic (exact) mass is 168 g/mol. The maximum atomic E-state index is 10.1. The van der Waals surface area contributed by atoms with E-state index < -0.39 is 6.16 Å². The van der Waals surface area contributed by atoms with Crippen molar-refractivity contribution in [3.05, 3.63) is 23.8 Å². The predicted molar refractivity (Wildman–Crippen MR) is 41.5 cm³/mol. The van der Waals surface area contributed by atoms with E-state index in [-0.39, 0.29) is 11.5 Å². The summed E-state index contributed by atoms with van der Waals surface area (Å²) in [6.45, 7) is 1.78. The highest BCUT2D eigenvalue weighted by Gasteiger charge is 2.05. The number of hydrogen-bond acceptors (Lipinski definition) is 3. The van der Waals surface area contributed by atoms with Crippen LogP contribution in [0.1, 0.15) is 5.56 Å². The largest absolute Gasteiger partial charge is 0.511 e. The lowest BCUT2D eigenvalue weighted by molar-refractivity contribution is 0.143. The Bertz CT molecular complexity index is 306. The quantitative estimate of drug-likeness (QED) is 0.495. The Hall–Kier alpha value is -1.71. The van der Waals surface area contributed by atoms with Crippen molar-refractivity contribution in [1.29, 1.82) is 0 Å². The first kappa shape index (κ1) is 8.39. The Morgan fingerprint density at radius 1 is 1.50 bits per heavy atom. The second kappa shape index (κ2) is 3.13. The average Bonchev–Trinajstić information content (AvgIpc) is 1.94. The second-order valence-electron chi connectivity index (χ2n) is 2.34. The molecule has 0 saturated carbocycles. The van der Waals surface area contributed by atoms with Crippen LogP contribution >= 0.6 is 0 Å². The van der Waals surface area contributed by atoms with E-state index in [1.54, 1.807) is 13.0 Å². The maximum absolute atomic E-state index is 10.1. The molecular formula is C8H8O4. The lowest BCUT2D eigenvalue weighted by atomic mass is 10.2. The van der Waals surface area contributed by atoms with Crippen molar-refractivity contribution in [3.8, 4) is 11.5 Å². The van der Waals surface area contributed by atoms with Crippen LogP contribution in [0.5, 0.6) is 11.5 Å². The zero-order valence-electron chi connectivity index (χ0n) is 6.44. The van der Waals surface area contributed by atoms with E-state index in [2.05, 4.69) is 4.74 Å². The van der Waals surface area contributed by atoms with E-state index in [9.17, 15) is 4.79 Å². The van der Waals surface area contributed by atoms with Crippen LogP contribution in [0.15, 0.2) is 18.2 Å². The predicted octanol–water partition coefficient (Wildman–Crippen LogP) is 1.76. The van der Waals surface area contributed by atoms with Gasteiger partial charge in [0.1, 0.15) is 0 Å². The number of phenols is 1. The molecule has 0 amide bonds. The van der Waals surface area contributed by atoms with Crippen LogP contribution < -0.4 is 4.74 Å². The highest BCUT2D eigenvalue weighted by Crippen LogP contribution is 2.26. The molecule has 0 radical (unpaired) electrons. The van der Waals surface area contributed by atoms with Gasteiger partial charge in [0, 0.05) is 0 Å². The molecule has 0 aliphatic rings. The summed E-state index contributed by atoms with van der Waals surface area (Å²) in [7, 11) is 0. The SMILES string of the molecule is Cc1ccc(OC(=O)O)c(O)c1. The van der Waals surface area contributed by atoms with Gasteiger partial charge in [-0.2, -0.15) is 0 Å². The number of carbonyl (C=O) groups is 1. The van der Waals surface area contributed by atoms with E-state index >= 15 is 0 Å². The normalized spacial score (nSPS) is 9.42. The lowest BCUT2D eigenvalue weighted by Crippen LogP contribution is -2.02. The lowest BCUT2D eigenvalue weighted by Gasteiger charge is -2.02. The molecule has 0 aliphatic carbocycles. The van der Waals surface area contributed by atoms with Gasteiger partial charge in [0.15, 0.2) is 11.5 Å². The van der Waals surface area contributed by atoms with Gasteiger partial charge in [-0.05, 0) is 24.6 Å². The third-order valence-corrected chi connectivity index (χ3v) is 1.31. The molecule has 0 spiro atoms. The zero-order chi connectivity index (χ0) is 9.14. The summed E-state index contributed by atoms with van der Waals surface area (Å²) in [5.41, 5.74) is 0.838. The first-order chi connectivity index (χ1) is 5.59. The number of carboxylic acid groups (broad SMARTS) is 1. The number of phenolic OH excluding ortho intramolecular Hbond substituents is 1. The second-order valence-corrected chi connectivity index (χ2v) is 2.34. The number of rotatable bonds is 1. The van der Waals surface area contributed by atoms with Gasteiger partial charge in [0.25, 0.3) is 0 Å². The number of ether oxygens (including phenoxy) is 1. The van der Waals surface area contributed by atoms with Crippen LogP contribution in [-0.4, -0.2) is 16.4 Å². The Kier molecular flexibility index (Phi) is 2.19. The molecule has 0 atom stereocenters. The van der Waals surface area contributed by atoms with E-state index in [4.69, 9.17) is 10.2 Å². The zero-order valence-corrected chi connectivity index (χ0v) is 6.44. The van der Waals surface area contributed by atoms with E-state index in [0.29, 0.717) is 0 Å². The van der Waals surface area contributed by atoms with Gasteiger partial charge in [-0.15, -0.1) is 0 Å². The van der Waals surface area contributed by atoms with Crippen LogP contribution in [0.25, 0.3) is 0 Å². The Morgan fingerprint density at radius 2 is 2.17 bits per heavy atom. The smallest absolute Gasteiger partial charge is 0.504 e. The summed E-state index contributed by atoms with van der Waals surface area (Å²) < 4.78 is 4.27. The molecule has 0 aliphatic heterocycles. The van der Waals surface area contributed by atoms with E-state index in [1.807, 2.05) is 0 Å². The van der Waals surface area contributed by atoms with Crippen molar-refractivity contribution >= 4 is 6.16 Å². The molecule has 0 aromatic heterocycles. The highest BCUT2D eigenvalue weighted by atomic mass is 16.7. The topological polar surface area (TPSA) is 66.8 Å². The highest BCUT2D eigenvalue weighted by molar-refractivity contribution is 5.63. The summed E-state index contributed by atoms with van der Waals surface area (Å²) in [6.07, 6.45) is -1.44. The molecule has 4 heteroatoms. The fraction of sp³-hybridized carbons (Fsp3) is 0.125. The minimum Gasteiger partial charge on any atom is -0.504 e. The fourth-order valence-corrected chi connectivity index (χ4v) is 0.808. The van der Waals surface area contributed by atoms with Crippen LogP contribution in [-0.2, 0) is 0 Å². The molecule has 0 bridgehead atoms. The third kappa shape index (κ3) is 1.88. The van der Waals surface area contributed by atoms with E-state index in [0.717, 1.165) is 5.56 Å². The molecule has 1 rings (SSSR count). The van der Waals surface area contributed by atoms with Crippen molar-refractivity contribution in [2.45, 2.75) is 6.92 Å². The van der Waals surface area contributed by atoms with Gasteiger partial charge in [-0.3, -0.25) is 0 Å². The summed E-state index contributed by atoms with van der Waals surface area (Å²) >= 11 is 0. The van der Waals surface area contributed by atoms with Gasteiger partial charge in [-0.1, -0.05) is 6.07 Å². The first-order valence-electron chi connectivity index (χ1n) is 3.30. The molecule has 0 fully saturated rings. The Balaban J connectivity index is 2.93. The van der Waals surface area contributed by atoms with Crippen molar-refractivity contribution in [3.63, 3.8) is 0 Å². The molecular weight excluding hydrogens is 160 g/mol. The number of benzene rings is 1. The summed E-state index contributed by atoms with van der Waals surface area (Å²) in [5.74, 6) is -0.217. The van der Waals surface area contributed by atoms with Crippen LogP contribution in [0.2, 0.25) is 0 Å². The Labute approximate surface area is 69.0 Å². The minimum atomic E-state index is -1.44. The van der Waals surface area contributed by atoms with Gasteiger partial charge < -0.3 is 14.9 Å². The molecule has 64 valence electrons.